The number of aryl methyl sites for hydroxylation is 1. The molecule has 1 aliphatic rings. The molecule has 1 aromatic carbocycles. The third-order valence-corrected chi connectivity index (χ3v) is 3.61. The fourth-order valence-electron chi connectivity index (χ4n) is 2.60. The highest BCUT2D eigenvalue weighted by atomic mass is 16.5. The van der Waals surface area contributed by atoms with Gasteiger partial charge in [-0.1, -0.05) is 12.1 Å². The van der Waals surface area contributed by atoms with E-state index < -0.39 is 0 Å². The summed E-state index contributed by atoms with van der Waals surface area (Å²) in [6.07, 6.45) is 2.50. The summed E-state index contributed by atoms with van der Waals surface area (Å²) in [7, 11) is 2.18. The summed E-state index contributed by atoms with van der Waals surface area (Å²) in [6.45, 7) is 6.03. The van der Waals surface area contributed by atoms with Crippen molar-refractivity contribution in [2.75, 3.05) is 32.5 Å². The van der Waals surface area contributed by atoms with Gasteiger partial charge < -0.3 is 15.4 Å². The number of ether oxygens (including phenoxy) is 1. The second-order valence-electron chi connectivity index (χ2n) is 5.47. The van der Waals surface area contributed by atoms with Gasteiger partial charge in [0.2, 0.25) is 0 Å². The van der Waals surface area contributed by atoms with Crippen LogP contribution in [0.25, 0.3) is 0 Å². The van der Waals surface area contributed by atoms with Crippen LogP contribution in [0.4, 0.5) is 5.69 Å². The Morgan fingerprint density at radius 3 is 2.94 bits per heavy atom. The van der Waals surface area contributed by atoms with Gasteiger partial charge >= 0.3 is 0 Å². The quantitative estimate of drug-likeness (QED) is 0.832. The van der Waals surface area contributed by atoms with Crippen LogP contribution in [-0.4, -0.2) is 31.7 Å². The van der Waals surface area contributed by atoms with Crippen molar-refractivity contribution in [3.05, 3.63) is 29.3 Å². The minimum Gasteiger partial charge on any atom is -0.399 e. The van der Waals surface area contributed by atoms with E-state index in [9.17, 15) is 0 Å². The second kappa shape index (κ2) is 6.21. The first-order valence-electron chi connectivity index (χ1n) is 6.76. The van der Waals surface area contributed by atoms with Gasteiger partial charge in [-0.3, -0.25) is 0 Å². The Labute approximate surface area is 110 Å². The number of rotatable bonds is 4. The van der Waals surface area contributed by atoms with E-state index in [4.69, 9.17) is 10.5 Å². The molecule has 1 aliphatic heterocycles. The van der Waals surface area contributed by atoms with E-state index in [1.54, 1.807) is 0 Å². The SMILES string of the molecule is Cc1cc(CN(C)CC2CCCOC2)ccc1N. The monoisotopic (exact) mass is 248 g/mol. The predicted octanol–water partition coefficient (Wildman–Crippen LogP) is 2.44. The highest BCUT2D eigenvalue weighted by Gasteiger charge is 2.15. The third-order valence-electron chi connectivity index (χ3n) is 3.61. The molecule has 1 fully saturated rings. The number of hydrogen-bond acceptors (Lipinski definition) is 3. The molecule has 100 valence electrons. The van der Waals surface area contributed by atoms with Gasteiger partial charge in [-0.25, -0.2) is 0 Å². The summed E-state index contributed by atoms with van der Waals surface area (Å²) in [5, 5.41) is 0. The van der Waals surface area contributed by atoms with E-state index in [0.29, 0.717) is 5.92 Å². The highest BCUT2D eigenvalue weighted by molar-refractivity contribution is 5.47. The second-order valence-corrected chi connectivity index (χ2v) is 5.47. The first kappa shape index (κ1) is 13.4. The van der Waals surface area contributed by atoms with Crippen molar-refractivity contribution >= 4 is 5.69 Å². The Bertz CT molecular complexity index is 386. The lowest BCUT2D eigenvalue weighted by Gasteiger charge is -2.27. The minimum absolute atomic E-state index is 0.693. The normalized spacial score (nSPS) is 20.3. The molecule has 0 aromatic heterocycles. The molecule has 0 bridgehead atoms. The van der Waals surface area contributed by atoms with Crippen molar-refractivity contribution in [1.29, 1.82) is 0 Å². The fraction of sp³-hybridized carbons (Fsp3) is 0.600. The van der Waals surface area contributed by atoms with Gasteiger partial charge in [0.1, 0.15) is 0 Å². The molecule has 2 rings (SSSR count). The molecule has 3 heteroatoms. The maximum absolute atomic E-state index is 5.84. The lowest BCUT2D eigenvalue weighted by atomic mass is 10.0. The van der Waals surface area contributed by atoms with Crippen LogP contribution in [0.1, 0.15) is 24.0 Å². The number of hydrogen-bond donors (Lipinski definition) is 1. The van der Waals surface area contributed by atoms with E-state index in [0.717, 1.165) is 32.0 Å². The van der Waals surface area contributed by atoms with Crippen LogP contribution in [-0.2, 0) is 11.3 Å². The molecule has 18 heavy (non-hydrogen) atoms. The zero-order chi connectivity index (χ0) is 13.0. The maximum atomic E-state index is 5.84. The number of anilines is 1. The van der Waals surface area contributed by atoms with Gasteiger partial charge in [-0.15, -0.1) is 0 Å². The highest BCUT2D eigenvalue weighted by Crippen LogP contribution is 2.17. The van der Waals surface area contributed by atoms with E-state index in [-0.39, 0.29) is 0 Å². The summed E-state index contributed by atoms with van der Waals surface area (Å²) in [4.78, 5) is 2.38. The topological polar surface area (TPSA) is 38.5 Å². The standard InChI is InChI=1S/C15H24N2O/c1-12-8-13(5-6-15(12)16)9-17(2)10-14-4-3-7-18-11-14/h5-6,8,14H,3-4,7,9-11,16H2,1-2H3. The molecule has 0 radical (unpaired) electrons. The van der Waals surface area contributed by atoms with E-state index in [2.05, 4.69) is 31.0 Å². The molecule has 1 heterocycles. The number of nitrogens with zero attached hydrogens (tertiary/aromatic N) is 1. The summed E-state index contributed by atoms with van der Waals surface area (Å²) in [5.74, 6) is 0.693. The molecule has 0 spiro atoms. The van der Waals surface area contributed by atoms with E-state index >= 15 is 0 Å². The van der Waals surface area contributed by atoms with Crippen LogP contribution in [0, 0.1) is 12.8 Å². The van der Waals surface area contributed by atoms with Gasteiger partial charge in [0, 0.05) is 25.4 Å². The van der Waals surface area contributed by atoms with Gasteiger partial charge in [0.25, 0.3) is 0 Å². The average molecular weight is 248 g/mol. The molecule has 1 saturated heterocycles. The summed E-state index contributed by atoms with van der Waals surface area (Å²) in [5.41, 5.74) is 9.22. The molecule has 3 nitrogen and oxygen atoms in total. The maximum Gasteiger partial charge on any atom is 0.0506 e. The molecular formula is C15H24N2O. The Morgan fingerprint density at radius 1 is 1.44 bits per heavy atom. The van der Waals surface area contributed by atoms with Crippen molar-refractivity contribution in [3.63, 3.8) is 0 Å². The van der Waals surface area contributed by atoms with Crippen LogP contribution in [0.15, 0.2) is 18.2 Å². The third kappa shape index (κ3) is 3.72. The zero-order valence-electron chi connectivity index (χ0n) is 11.5. The Balaban J connectivity index is 1.85. The molecule has 2 N–H and O–H groups in total. The fourth-order valence-corrected chi connectivity index (χ4v) is 2.60. The molecule has 0 amide bonds. The van der Waals surface area contributed by atoms with Crippen LogP contribution in [0.3, 0.4) is 0 Å². The molecule has 1 atom stereocenters. The van der Waals surface area contributed by atoms with Crippen molar-refractivity contribution in [3.8, 4) is 0 Å². The first-order chi connectivity index (χ1) is 8.65. The summed E-state index contributed by atoms with van der Waals surface area (Å²) in [6, 6.07) is 6.31. The summed E-state index contributed by atoms with van der Waals surface area (Å²) < 4.78 is 5.52. The van der Waals surface area contributed by atoms with E-state index in [1.165, 1.54) is 24.0 Å². The van der Waals surface area contributed by atoms with Crippen molar-refractivity contribution < 1.29 is 4.74 Å². The molecule has 1 unspecified atom stereocenters. The van der Waals surface area contributed by atoms with Crippen LogP contribution >= 0.6 is 0 Å². The number of benzene rings is 1. The number of nitrogens with two attached hydrogens (primary N) is 1. The van der Waals surface area contributed by atoms with Gasteiger partial charge in [0.05, 0.1) is 6.61 Å². The van der Waals surface area contributed by atoms with Gasteiger partial charge in [0.15, 0.2) is 0 Å². The van der Waals surface area contributed by atoms with Gasteiger partial charge in [-0.2, -0.15) is 0 Å². The first-order valence-corrected chi connectivity index (χ1v) is 6.76. The molecule has 1 aromatic rings. The number of nitrogen functional groups attached to an aromatic ring is 1. The molecule has 0 aliphatic carbocycles. The Kier molecular flexibility index (Phi) is 4.61. The minimum atomic E-state index is 0.693. The molecule has 0 saturated carbocycles. The predicted molar refractivity (Wildman–Crippen MR) is 75.5 cm³/mol. The van der Waals surface area contributed by atoms with Crippen molar-refractivity contribution in [2.24, 2.45) is 5.92 Å². The average Bonchev–Trinajstić information content (AvgIpc) is 2.35. The smallest absolute Gasteiger partial charge is 0.0506 e. The zero-order valence-corrected chi connectivity index (χ0v) is 11.5. The van der Waals surface area contributed by atoms with Crippen molar-refractivity contribution in [1.82, 2.24) is 4.90 Å². The lowest BCUT2D eigenvalue weighted by molar-refractivity contribution is 0.0411. The Hall–Kier alpha value is -1.06. The van der Waals surface area contributed by atoms with Crippen LogP contribution in [0.2, 0.25) is 0 Å². The van der Waals surface area contributed by atoms with E-state index in [1.807, 2.05) is 6.07 Å². The molecular weight excluding hydrogens is 224 g/mol. The lowest BCUT2D eigenvalue weighted by Crippen LogP contribution is -2.30. The Morgan fingerprint density at radius 2 is 2.28 bits per heavy atom. The summed E-state index contributed by atoms with van der Waals surface area (Å²) >= 11 is 0. The van der Waals surface area contributed by atoms with Crippen LogP contribution in [0.5, 0.6) is 0 Å². The largest absolute Gasteiger partial charge is 0.399 e. The van der Waals surface area contributed by atoms with Crippen molar-refractivity contribution in [2.45, 2.75) is 26.3 Å². The van der Waals surface area contributed by atoms with Gasteiger partial charge in [-0.05, 0) is 49.9 Å². The van der Waals surface area contributed by atoms with Crippen LogP contribution < -0.4 is 5.73 Å².